The van der Waals surface area contributed by atoms with E-state index >= 15 is 0 Å². The Morgan fingerprint density at radius 3 is 2.34 bits per heavy atom. The molecule has 0 unspecified atom stereocenters. The third-order valence-corrected chi connectivity index (χ3v) is 6.99. The van der Waals surface area contributed by atoms with Gasteiger partial charge in [-0.25, -0.2) is 8.42 Å². The van der Waals surface area contributed by atoms with Crippen molar-refractivity contribution in [2.75, 3.05) is 23.7 Å². The van der Waals surface area contributed by atoms with Gasteiger partial charge in [0.2, 0.25) is 21.8 Å². The van der Waals surface area contributed by atoms with E-state index in [1.54, 1.807) is 19.1 Å². The molecule has 0 saturated carbocycles. The van der Waals surface area contributed by atoms with Crippen LogP contribution in [0.25, 0.3) is 0 Å². The second-order valence-corrected chi connectivity index (χ2v) is 11.6. The zero-order chi connectivity index (χ0) is 26.3. The molecule has 9 heteroatoms. The molecule has 0 saturated heterocycles. The number of nitrogens with zero attached hydrogens (tertiary/aromatic N) is 2. The van der Waals surface area contributed by atoms with Crippen LogP contribution in [0, 0.1) is 19.8 Å². The van der Waals surface area contributed by atoms with E-state index in [4.69, 9.17) is 11.6 Å². The van der Waals surface area contributed by atoms with Crippen molar-refractivity contribution in [1.82, 2.24) is 10.2 Å². The van der Waals surface area contributed by atoms with Crippen molar-refractivity contribution in [3.05, 3.63) is 64.2 Å². The minimum Gasteiger partial charge on any atom is -0.354 e. The number of carbonyl (C=O) groups excluding carboxylic acids is 2. The van der Waals surface area contributed by atoms with Crippen molar-refractivity contribution < 1.29 is 18.0 Å². The summed E-state index contributed by atoms with van der Waals surface area (Å²) in [5.41, 5.74) is 2.89. The SMILES string of the molecule is CC[C@H](C(=O)NCC(C)C)N(Cc1cccc(C)c1)C(=O)CN(c1cc(Cl)ccc1C)S(C)(=O)=O. The monoisotopic (exact) mass is 521 g/mol. The number of carbonyl (C=O) groups is 2. The summed E-state index contributed by atoms with van der Waals surface area (Å²) in [5, 5.41) is 3.28. The van der Waals surface area contributed by atoms with Crippen LogP contribution in [0.15, 0.2) is 42.5 Å². The fourth-order valence-corrected chi connectivity index (χ4v) is 4.86. The molecule has 0 fully saturated rings. The highest BCUT2D eigenvalue weighted by Gasteiger charge is 2.32. The number of anilines is 1. The van der Waals surface area contributed by atoms with Gasteiger partial charge in [-0.1, -0.05) is 68.3 Å². The molecule has 35 heavy (non-hydrogen) atoms. The molecule has 0 aromatic heterocycles. The molecular formula is C26H36ClN3O4S. The molecule has 0 aliphatic rings. The molecule has 7 nitrogen and oxygen atoms in total. The lowest BCUT2D eigenvalue weighted by Crippen LogP contribution is -2.52. The molecular weight excluding hydrogens is 486 g/mol. The Morgan fingerprint density at radius 1 is 1.09 bits per heavy atom. The highest BCUT2D eigenvalue weighted by atomic mass is 35.5. The number of hydrogen-bond donors (Lipinski definition) is 1. The summed E-state index contributed by atoms with van der Waals surface area (Å²) in [6.07, 6.45) is 1.44. The van der Waals surface area contributed by atoms with Gasteiger partial charge in [-0.2, -0.15) is 0 Å². The average molecular weight is 522 g/mol. The number of aryl methyl sites for hydroxylation is 2. The number of rotatable bonds is 11. The first-order chi connectivity index (χ1) is 16.3. The van der Waals surface area contributed by atoms with Crippen molar-refractivity contribution >= 4 is 39.1 Å². The number of halogens is 1. The second kappa shape index (κ2) is 12.4. The number of sulfonamides is 1. The van der Waals surface area contributed by atoms with Crippen LogP contribution in [0.4, 0.5) is 5.69 Å². The van der Waals surface area contributed by atoms with Gasteiger partial charge < -0.3 is 10.2 Å². The third kappa shape index (κ3) is 8.25. The van der Waals surface area contributed by atoms with Crippen LogP contribution >= 0.6 is 11.6 Å². The molecule has 1 N–H and O–H groups in total. The average Bonchev–Trinajstić information content (AvgIpc) is 2.76. The molecule has 192 valence electrons. The molecule has 0 aliphatic heterocycles. The van der Waals surface area contributed by atoms with Crippen LogP contribution in [0.2, 0.25) is 5.02 Å². The normalized spacial score (nSPS) is 12.3. The Hall–Kier alpha value is -2.58. The second-order valence-electron chi connectivity index (χ2n) is 9.27. The lowest BCUT2D eigenvalue weighted by Gasteiger charge is -2.33. The van der Waals surface area contributed by atoms with Crippen LogP contribution in [0.5, 0.6) is 0 Å². The molecule has 2 aromatic rings. The zero-order valence-electron chi connectivity index (χ0n) is 21.3. The molecule has 2 amide bonds. The predicted octanol–water partition coefficient (Wildman–Crippen LogP) is 4.30. The summed E-state index contributed by atoms with van der Waals surface area (Å²) in [6, 6.07) is 11.8. The first kappa shape index (κ1) is 28.7. The van der Waals surface area contributed by atoms with Crippen molar-refractivity contribution in [3.63, 3.8) is 0 Å². The Morgan fingerprint density at radius 2 is 1.77 bits per heavy atom. The van der Waals surface area contributed by atoms with Gasteiger partial charge >= 0.3 is 0 Å². The van der Waals surface area contributed by atoms with Gasteiger partial charge in [0.05, 0.1) is 11.9 Å². The van der Waals surface area contributed by atoms with E-state index in [0.29, 0.717) is 29.2 Å². The van der Waals surface area contributed by atoms with E-state index < -0.39 is 28.5 Å². The van der Waals surface area contributed by atoms with Gasteiger partial charge in [0.15, 0.2) is 0 Å². The van der Waals surface area contributed by atoms with E-state index in [0.717, 1.165) is 21.7 Å². The summed E-state index contributed by atoms with van der Waals surface area (Å²) >= 11 is 6.14. The zero-order valence-corrected chi connectivity index (χ0v) is 22.9. The van der Waals surface area contributed by atoms with Gasteiger partial charge in [-0.05, 0) is 49.4 Å². The maximum absolute atomic E-state index is 13.7. The smallest absolute Gasteiger partial charge is 0.244 e. The summed E-state index contributed by atoms with van der Waals surface area (Å²) in [4.78, 5) is 28.3. The van der Waals surface area contributed by atoms with Crippen LogP contribution in [-0.4, -0.2) is 50.5 Å². The van der Waals surface area contributed by atoms with Gasteiger partial charge in [-0.3, -0.25) is 13.9 Å². The van der Waals surface area contributed by atoms with Crippen LogP contribution in [0.1, 0.15) is 43.9 Å². The summed E-state index contributed by atoms with van der Waals surface area (Å²) in [7, 11) is -3.81. The third-order valence-electron chi connectivity index (χ3n) is 5.62. The molecule has 0 bridgehead atoms. The molecule has 0 radical (unpaired) electrons. The summed E-state index contributed by atoms with van der Waals surface area (Å²) < 4.78 is 26.5. The standard InChI is InChI=1S/C26H36ClN3O4S/c1-7-23(26(32)28-15-18(2)3)29(16-21-10-8-9-19(4)13-21)25(31)17-30(35(6,33)34)24-14-22(27)12-11-20(24)5/h8-14,18,23H,7,15-17H2,1-6H3,(H,28,32)/t23-/m1/s1. The minimum absolute atomic E-state index is 0.181. The number of amides is 2. The molecule has 0 heterocycles. The molecule has 1 atom stereocenters. The van der Waals surface area contributed by atoms with E-state index in [-0.39, 0.29) is 18.4 Å². The van der Waals surface area contributed by atoms with E-state index in [1.807, 2.05) is 52.0 Å². The fraction of sp³-hybridized carbons (Fsp3) is 0.462. The molecule has 0 aliphatic carbocycles. The van der Waals surface area contributed by atoms with Crippen molar-refractivity contribution in [2.45, 2.75) is 53.6 Å². The minimum atomic E-state index is -3.81. The lowest BCUT2D eigenvalue weighted by atomic mass is 10.1. The maximum atomic E-state index is 13.7. The molecule has 2 aromatic carbocycles. The Kier molecular flexibility index (Phi) is 10.2. The van der Waals surface area contributed by atoms with Crippen LogP contribution in [0.3, 0.4) is 0 Å². The first-order valence-corrected chi connectivity index (χ1v) is 13.9. The van der Waals surface area contributed by atoms with Gasteiger partial charge in [0.1, 0.15) is 12.6 Å². The lowest BCUT2D eigenvalue weighted by molar-refractivity contribution is -0.140. The quantitative estimate of drug-likeness (QED) is 0.477. The van der Waals surface area contributed by atoms with Crippen LogP contribution < -0.4 is 9.62 Å². The Labute approximate surface area is 214 Å². The van der Waals surface area contributed by atoms with Gasteiger partial charge in [0, 0.05) is 18.1 Å². The topological polar surface area (TPSA) is 86.8 Å². The van der Waals surface area contributed by atoms with Gasteiger partial charge in [0.25, 0.3) is 0 Å². The van der Waals surface area contributed by atoms with Crippen LogP contribution in [-0.2, 0) is 26.2 Å². The maximum Gasteiger partial charge on any atom is 0.244 e. The Balaban J connectivity index is 2.47. The number of hydrogen-bond acceptors (Lipinski definition) is 4. The number of benzene rings is 2. The summed E-state index contributed by atoms with van der Waals surface area (Å²) in [5.74, 6) is -0.473. The highest BCUT2D eigenvalue weighted by molar-refractivity contribution is 7.92. The predicted molar refractivity (Wildman–Crippen MR) is 142 cm³/mol. The molecule has 2 rings (SSSR count). The molecule has 0 spiro atoms. The van der Waals surface area contributed by atoms with Gasteiger partial charge in [-0.15, -0.1) is 0 Å². The first-order valence-electron chi connectivity index (χ1n) is 11.7. The summed E-state index contributed by atoms with van der Waals surface area (Å²) in [6.45, 7) is 9.76. The van der Waals surface area contributed by atoms with E-state index in [1.165, 1.54) is 11.0 Å². The number of nitrogens with one attached hydrogen (secondary N) is 1. The largest absolute Gasteiger partial charge is 0.354 e. The fourth-order valence-electron chi connectivity index (χ4n) is 3.80. The van der Waals surface area contributed by atoms with Crippen molar-refractivity contribution in [3.8, 4) is 0 Å². The van der Waals surface area contributed by atoms with Crippen molar-refractivity contribution in [1.29, 1.82) is 0 Å². The Bertz CT molecular complexity index is 1150. The van der Waals surface area contributed by atoms with E-state index in [2.05, 4.69) is 5.32 Å². The van der Waals surface area contributed by atoms with E-state index in [9.17, 15) is 18.0 Å². The van der Waals surface area contributed by atoms with Crippen molar-refractivity contribution in [2.24, 2.45) is 5.92 Å². The highest BCUT2D eigenvalue weighted by Crippen LogP contribution is 2.27.